The second-order valence-corrected chi connectivity index (χ2v) is 5.69. The van der Waals surface area contributed by atoms with Gasteiger partial charge in [0.15, 0.2) is 0 Å². The van der Waals surface area contributed by atoms with Crippen LogP contribution in [0.25, 0.3) is 10.9 Å². The van der Waals surface area contributed by atoms with Gasteiger partial charge in [-0.25, -0.2) is 0 Å². The van der Waals surface area contributed by atoms with Crippen molar-refractivity contribution in [3.05, 3.63) is 30.5 Å². The predicted molar refractivity (Wildman–Crippen MR) is 71.2 cm³/mol. The number of carbonyl (C=O) groups is 1. The molecule has 0 spiro atoms. The van der Waals surface area contributed by atoms with Crippen molar-refractivity contribution in [2.75, 3.05) is 5.32 Å². The summed E-state index contributed by atoms with van der Waals surface area (Å²) in [5.74, 6) is 2.16. The van der Waals surface area contributed by atoms with E-state index in [1.807, 2.05) is 30.5 Å². The highest BCUT2D eigenvalue weighted by Crippen LogP contribution is 2.54. The van der Waals surface area contributed by atoms with Crippen molar-refractivity contribution < 1.29 is 4.79 Å². The number of fused-ring (bicyclic) bond motifs is 2. The van der Waals surface area contributed by atoms with E-state index in [-0.39, 0.29) is 11.8 Å². The Bertz CT molecular complexity index is 606. The molecule has 2 saturated carbocycles. The van der Waals surface area contributed by atoms with Gasteiger partial charge in [0.05, 0.1) is 0 Å². The smallest absolute Gasteiger partial charge is 0.227 e. The molecule has 0 aliphatic heterocycles. The molecule has 4 rings (SSSR count). The number of benzene rings is 1. The van der Waals surface area contributed by atoms with Crippen LogP contribution in [0.5, 0.6) is 0 Å². The summed E-state index contributed by atoms with van der Waals surface area (Å²) < 4.78 is 0. The number of H-pyrrole nitrogens is 1. The zero-order chi connectivity index (χ0) is 12.1. The molecule has 1 aromatic carbocycles. The minimum atomic E-state index is 0.206. The Morgan fingerprint density at radius 1 is 1.17 bits per heavy atom. The van der Waals surface area contributed by atoms with Gasteiger partial charge in [0.25, 0.3) is 0 Å². The molecule has 92 valence electrons. The summed E-state index contributed by atoms with van der Waals surface area (Å²) in [6, 6.07) is 8.03. The number of aromatic amines is 1. The number of rotatable bonds is 2. The molecule has 0 radical (unpaired) electrons. The summed E-state index contributed by atoms with van der Waals surface area (Å²) >= 11 is 0. The van der Waals surface area contributed by atoms with Gasteiger partial charge in [-0.05, 0) is 55.4 Å². The molecule has 0 saturated heterocycles. The van der Waals surface area contributed by atoms with Gasteiger partial charge in [0.1, 0.15) is 0 Å². The normalized spacial score (nSPS) is 29.2. The lowest BCUT2D eigenvalue weighted by Gasteiger charge is -2.12. The third-order valence-corrected chi connectivity index (χ3v) is 4.44. The fourth-order valence-corrected chi connectivity index (χ4v) is 3.30. The molecule has 1 aromatic heterocycles. The van der Waals surface area contributed by atoms with E-state index < -0.39 is 0 Å². The van der Waals surface area contributed by atoms with Crippen LogP contribution < -0.4 is 5.32 Å². The van der Waals surface area contributed by atoms with Crippen LogP contribution in [0, 0.1) is 17.8 Å². The summed E-state index contributed by atoms with van der Waals surface area (Å²) in [6.07, 6.45) is 5.48. The second-order valence-electron chi connectivity index (χ2n) is 5.69. The van der Waals surface area contributed by atoms with Crippen molar-refractivity contribution in [2.45, 2.75) is 19.3 Å². The van der Waals surface area contributed by atoms with E-state index in [0.717, 1.165) is 41.3 Å². The number of amides is 1. The molecule has 1 heterocycles. The maximum atomic E-state index is 12.1. The number of anilines is 1. The number of nitrogens with one attached hydrogen (secondary N) is 2. The Labute approximate surface area is 106 Å². The van der Waals surface area contributed by atoms with Crippen molar-refractivity contribution in [3.8, 4) is 0 Å². The Kier molecular flexibility index (Phi) is 2.04. The number of hydrogen-bond donors (Lipinski definition) is 2. The lowest BCUT2D eigenvalue weighted by atomic mass is 10.0. The first-order chi connectivity index (χ1) is 8.79. The maximum absolute atomic E-state index is 12.1. The summed E-state index contributed by atoms with van der Waals surface area (Å²) in [5, 5.41) is 4.19. The number of hydrogen-bond acceptors (Lipinski definition) is 1. The van der Waals surface area contributed by atoms with Crippen LogP contribution in [0.2, 0.25) is 0 Å². The van der Waals surface area contributed by atoms with Gasteiger partial charge in [0, 0.05) is 28.7 Å². The quantitative estimate of drug-likeness (QED) is 0.832. The monoisotopic (exact) mass is 240 g/mol. The first-order valence-corrected chi connectivity index (χ1v) is 6.67. The summed E-state index contributed by atoms with van der Waals surface area (Å²) in [4.78, 5) is 15.3. The zero-order valence-corrected chi connectivity index (χ0v) is 10.1. The van der Waals surface area contributed by atoms with Crippen molar-refractivity contribution in [1.29, 1.82) is 0 Å². The van der Waals surface area contributed by atoms with Crippen molar-refractivity contribution in [3.63, 3.8) is 0 Å². The lowest BCUT2D eigenvalue weighted by molar-refractivity contribution is -0.120. The standard InChI is InChI=1S/C15H16N2O/c18-15(12-6-10-5-11(10)7-12)17-13-1-2-14-9(8-13)3-4-16-14/h1-4,8,10-12,16H,5-7H2,(H,17,18). The maximum Gasteiger partial charge on any atom is 0.227 e. The van der Waals surface area contributed by atoms with Crippen LogP contribution >= 0.6 is 0 Å². The van der Waals surface area contributed by atoms with Crippen LogP contribution in [0.3, 0.4) is 0 Å². The highest BCUT2D eigenvalue weighted by Gasteiger charge is 2.47. The van der Waals surface area contributed by atoms with Gasteiger partial charge >= 0.3 is 0 Å². The number of aromatic nitrogens is 1. The molecule has 2 aliphatic carbocycles. The molecule has 3 nitrogen and oxygen atoms in total. The van der Waals surface area contributed by atoms with E-state index in [1.165, 1.54) is 6.42 Å². The van der Waals surface area contributed by atoms with Crippen LogP contribution in [-0.2, 0) is 4.79 Å². The Balaban J connectivity index is 1.51. The molecular formula is C15H16N2O. The van der Waals surface area contributed by atoms with E-state index in [4.69, 9.17) is 0 Å². The van der Waals surface area contributed by atoms with Crippen LogP contribution in [0.4, 0.5) is 5.69 Å². The van der Waals surface area contributed by atoms with E-state index >= 15 is 0 Å². The largest absolute Gasteiger partial charge is 0.361 e. The summed E-state index contributed by atoms with van der Waals surface area (Å²) in [6.45, 7) is 0. The Morgan fingerprint density at radius 2 is 2.00 bits per heavy atom. The minimum absolute atomic E-state index is 0.206. The fraction of sp³-hybridized carbons (Fsp3) is 0.400. The van der Waals surface area contributed by atoms with E-state index in [2.05, 4.69) is 10.3 Å². The van der Waals surface area contributed by atoms with Gasteiger partial charge < -0.3 is 10.3 Å². The first kappa shape index (κ1) is 10.2. The van der Waals surface area contributed by atoms with Crippen LogP contribution in [-0.4, -0.2) is 10.9 Å². The van der Waals surface area contributed by atoms with Gasteiger partial charge in [-0.3, -0.25) is 4.79 Å². The molecule has 2 atom stereocenters. The molecule has 2 aromatic rings. The van der Waals surface area contributed by atoms with Gasteiger partial charge in [-0.2, -0.15) is 0 Å². The van der Waals surface area contributed by atoms with E-state index in [0.29, 0.717) is 0 Å². The summed E-state index contributed by atoms with van der Waals surface area (Å²) in [5.41, 5.74) is 2.02. The Morgan fingerprint density at radius 3 is 2.83 bits per heavy atom. The average molecular weight is 240 g/mol. The molecule has 3 heteroatoms. The van der Waals surface area contributed by atoms with E-state index in [9.17, 15) is 4.79 Å². The molecule has 1 amide bonds. The Hall–Kier alpha value is -1.77. The summed E-state index contributed by atoms with van der Waals surface area (Å²) in [7, 11) is 0. The predicted octanol–water partition coefficient (Wildman–Crippen LogP) is 3.15. The van der Waals surface area contributed by atoms with Crippen molar-refractivity contribution >= 4 is 22.5 Å². The third kappa shape index (κ3) is 1.62. The van der Waals surface area contributed by atoms with Crippen molar-refractivity contribution in [1.82, 2.24) is 4.98 Å². The molecular weight excluding hydrogens is 224 g/mol. The fourth-order valence-electron chi connectivity index (χ4n) is 3.30. The molecule has 2 N–H and O–H groups in total. The topological polar surface area (TPSA) is 44.9 Å². The van der Waals surface area contributed by atoms with Crippen molar-refractivity contribution in [2.24, 2.45) is 17.8 Å². The number of carbonyl (C=O) groups excluding carboxylic acids is 1. The molecule has 2 fully saturated rings. The molecule has 0 bridgehead atoms. The zero-order valence-electron chi connectivity index (χ0n) is 10.1. The second kappa shape index (κ2) is 3.61. The van der Waals surface area contributed by atoms with Gasteiger partial charge in [-0.15, -0.1) is 0 Å². The van der Waals surface area contributed by atoms with Gasteiger partial charge in [0.2, 0.25) is 5.91 Å². The average Bonchev–Trinajstić information content (AvgIpc) is 2.79. The van der Waals surface area contributed by atoms with E-state index in [1.54, 1.807) is 0 Å². The minimum Gasteiger partial charge on any atom is -0.361 e. The highest BCUT2D eigenvalue weighted by molar-refractivity contribution is 5.95. The van der Waals surface area contributed by atoms with Crippen LogP contribution in [0.1, 0.15) is 19.3 Å². The van der Waals surface area contributed by atoms with Crippen LogP contribution in [0.15, 0.2) is 30.5 Å². The molecule has 18 heavy (non-hydrogen) atoms. The highest BCUT2D eigenvalue weighted by atomic mass is 16.1. The van der Waals surface area contributed by atoms with Gasteiger partial charge in [-0.1, -0.05) is 0 Å². The molecule has 2 unspecified atom stereocenters. The molecule has 2 aliphatic rings. The SMILES string of the molecule is O=C(Nc1ccc2[nH]ccc2c1)C1CC2CC2C1. The lowest BCUT2D eigenvalue weighted by Crippen LogP contribution is -2.21. The third-order valence-electron chi connectivity index (χ3n) is 4.44. The first-order valence-electron chi connectivity index (χ1n) is 6.67.